The third-order valence-corrected chi connectivity index (χ3v) is 12.1. The number of aliphatic carboxylic acids is 1. The van der Waals surface area contributed by atoms with Gasteiger partial charge < -0.3 is 5.11 Å². The molecule has 0 aromatic carbocycles. The zero-order chi connectivity index (χ0) is 23.3. The molecule has 32 heavy (non-hydrogen) atoms. The molecule has 0 aliphatic heterocycles. The van der Waals surface area contributed by atoms with Crippen LogP contribution in [0.3, 0.4) is 0 Å². The molecule has 0 spiro atoms. The van der Waals surface area contributed by atoms with Crippen LogP contribution in [0.25, 0.3) is 0 Å². The highest BCUT2D eigenvalue weighted by Crippen LogP contribution is 2.74. The van der Waals surface area contributed by atoms with Crippen LogP contribution in [-0.2, 0) is 4.79 Å². The summed E-state index contributed by atoms with van der Waals surface area (Å²) in [6.07, 6.45) is 13.8. The Balaban J connectivity index is 1.61. The topological polar surface area (TPSA) is 37.3 Å². The molecule has 5 aliphatic carbocycles. The van der Waals surface area contributed by atoms with E-state index in [9.17, 15) is 9.90 Å². The van der Waals surface area contributed by atoms with Gasteiger partial charge in [-0.3, -0.25) is 4.79 Å². The van der Waals surface area contributed by atoms with Crippen molar-refractivity contribution in [3.8, 4) is 0 Å². The van der Waals surface area contributed by atoms with E-state index in [1.54, 1.807) is 11.1 Å². The van der Waals surface area contributed by atoms with E-state index in [0.29, 0.717) is 17.3 Å². The first-order chi connectivity index (χ1) is 14.8. The van der Waals surface area contributed by atoms with Crippen molar-refractivity contribution in [1.82, 2.24) is 0 Å². The Labute approximate surface area is 196 Å². The first kappa shape index (κ1) is 22.7. The third kappa shape index (κ3) is 2.67. The molecule has 5 rings (SSSR count). The summed E-state index contributed by atoms with van der Waals surface area (Å²) < 4.78 is 0. The number of carboxylic acids is 1. The quantitative estimate of drug-likeness (QED) is 0.441. The van der Waals surface area contributed by atoms with E-state index in [-0.39, 0.29) is 22.2 Å². The van der Waals surface area contributed by atoms with Crippen molar-refractivity contribution in [1.29, 1.82) is 0 Å². The number of allylic oxidation sites excluding steroid dienone is 4. The maximum Gasteiger partial charge on any atom is 0.310 e. The maximum absolute atomic E-state index is 12.7. The van der Waals surface area contributed by atoms with Gasteiger partial charge in [-0.05, 0) is 104 Å². The number of carbonyl (C=O) groups is 1. The predicted molar refractivity (Wildman–Crippen MR) is 131 cm³/mol. The van der Waals surface area contributed by atoms with E-state index in [1.807, 2.05) is 5.57 Å². The second-order valence-electron chi connectivity index (χ2n) is 14.2. The lowest BCUT2D eigenvalue weighted by molar-refractivity contribution is -0.166. The van der Waals surface area contributed by atoms with E-state index in [1.165, 1.54) is 25.7 Å². The van der Waals surface area contributed by atoms with Gasteiger partial charge in [0, 0.05) is 0 Å². The van der Waals surface area contributed by atoms with Crippen LogP contribution >= 0.6 is 0 Å². The minimum atomic E-state index is -0.522. The minimum Gasteiger partial charge on any atom is -0.481 e. The van der Waals surface area contributed by atoms with E-state index < -0.39 is 11.4 Å². The molecule has 0 heterocycles. The van der Waals surface area contributed by atoms with Crippen LogP contribution in [0.4, 0.5) is 0 Å². The molecule has 2 unspecified atom stereocenters. The highest BCUT2D eigenvalue weighted by molar-refractivity contribution is 5.76. The molecule has 5 aliphatic rings. The molecule has 3 fully saturated rings. The smallest absolute Gasteiger partial charge is 0.310 e. The van der Waals surface area contributed by atoms with Crippen molar-refractivity contribution >= 4 is 5.97 Å². The maximum atomic E-state index is 12.7. The average Bonchev–Trinajstić information content (AvgIpc) is 3.05. The van der Waals surface area contributed by atoms with Gasteiger partial charge in [-0.15, -0.1) is 0 Å². The fourth-order valence-corrected chi connectivity index (χ4v) is 9.86. The molecular weight excluding hydrogens is 392 g/mol. The Morgan fingerprint density at radius 1 is 0.969 bits per heavy atom. The summed E-state index contributed by atoms with van der Waals surface area (Å²) in [6, 6.07) is 0. The van der Waals surface area contributed by atoms with Crippen LogP contribution in [0.5, 0.6) is 0 Å². The number of hydrogen-bond acceptors (Lipinski definition) is 1. The van der Waals surface area contributed by atoms with Crippen molar-refractivity contribution in [2.45, 2.75) is 113 Å². The van der Waals surface area contributed by atoms with Gasteiger partial charge in [-0.2, -0.15) is 0 Å². The Morgan fingerprint density at radius 2 is 1.66 bits per heavy atom. The zero-order valence-corrected chi connectivity index (χ0v) is 21.7. The largest absolute Gasteiger partial charge is 0.481 e. The average molecular weight is 439 g/mol. The zero-order valence-electron chi connectivity index (χ0n) is 21.7. The van der Waals surface area contributed by atoms with Crippen LogP contribution in [0.1, 0.15) is 113 Å². The molecule has 178 valence electrons. The summed E-state index contributed by atoms with van der Waals surface area (Å²) in [7, 11) is 0. The van der Waals surface area contributed by atoms with Crippen LogP contribution < -0.4 is 0 Å². The van der Waals surface area contributed by atoms with E-state index in [4.69, 9.17) is 0 Å². The fraction of sp³-hybridized carbons (Fsp3) is 0.833. The van der Waals surface area contributed by atoms with Gasteiger partial charge in [0.25, 0.3) is 0 Å². The molecule has 0 aromatic heterocycles. The van der Waals surface area contributed by atoms with Gasteiger partial charge in [0.2, 0.25) is 0 Å². The summed E-state index contributed by atoms with van der Waals surface area (Å²) >= 11 is 0. The van der Waals surface area contributed by atoms with Crippen molar-refractivity contribution in [2.75, 3.05) is 0 Å². The van der Waals surface area contributed by atoms with E-state index in [2.05, 4.69) is 54.5 Å². The van der Waals surface area contributed by atoms with E-state index >= 15 is 0 Å². The SMILES string of the molecule is CC(C)C1=C2CC[C@]3(C)[C@H](CC=C4C5CC(C)(C)CCC5(C(=O)O)CC[C@]43C)[C@@]2(C)CC1. The second-order valence-corrected chi connectivity index (χ2v) is 14.2. The van der Waals surface area contributed by atoms with Crippen LogP contribution in [-0.4, -0.2) is 11.1 Å². The van der Waals surface area contributed by atoms with Gasteiger partial charge in [0.1, 0.15) is 0 Å². The molecule has 2 heteroatoms. The van der Waals surface area contributed by atoms with E-state index in [0.717, 1.165) is 38.5 Å². The highest BCUT2D eigenvalue weighted by Gasteiger charge is 2.67. The number of rotatable bonds is 2. The van der Waals surface area contributed by atoms with Gasteiger partial charge in [-0.1, -0.05) is 71.3 Å². The second kappa shape index (κ2) is 6.76. The lowest BCUT2D eigenvalue weighted by atomic mass is 9.36. The monoisotopic (exact) mass is 438 g/mol. The van der Waals surface area contributed by atoms with Crippen LogP contribution in [0, 0.1) is 44.8 Å². The normalized spacial score (nSPS) is 47.3. The molecule has 2 nitrogen and oxygen atoms in total. The summed E-state index contributed by atoms with van der Waals surface area (Å²) in [5.41, 5.74) is 5.59. The van der Waals surface area contributed by atoms with Crippen molar-refractivity contribution < 1.29 is 9.90 Å². The lowest BCUT2D eigenvalue weighted by Gasteiger charge is -2.67. The van der Waals surface area contributed by atoms with Gasteiger partial charge in [0.05, 0.1) is 5.41 Å². The number of hydrogen-bond donors (Lipinski definition) is 1. The minimum absolute atomic E-state index is 0.141. The molecule has 0 bridgehead atoms. The Kier molecular flexibility index (Phi) is 4.80. The highest BCUT2D eigenvalue weighted by atomic mass is 16.4. The summed E-state index contributed by atoms with van der Waals surface area (Å²) in [6.45, 7) is 17.3. The lowest BCUT2D eigenvalue weighted by Crippen LogP contribution is -2.61. The predicted octanol–water partition coefficient (Wildman–Crippen LogP) is 8.18. The molecule has 1 N–H and O–H groups in total. The molecule has 3 saturated carbocycles. The molecular formula is C30H46O2. The fourth-order valence-electron chi connectivity index (χ4n) is 9.86. The number of fused-ring (bicyclic) bond motifs is 7. The Hall–Kier alpha value is -1.05. The van der Waals surface area contributed by atoms with Gasteiger partial charge in [0.15, 0.2) is 0 Å². The first-order valence-electron chi connectivity index (χ1n) is 13.5. The standard InChI is InChI=1S/C30H46O2/c1-19(2)20-10-12-27(5)21(20)11-13-29(7)24(27)9-8-22-23-18-26(3,4)14-16-30(23,25(31)32)17-15-28(22,29)6/h8,19,23-24H,9-18H2,1-7H3,(H,31,32)/t23?,24-,27+,28-,29-,30?/m1/s1. The molecule has 0 aromatic rings. The van der Waals surface area contributed by atoms with Crippen molar-refractivity contribution in [3.63, 3.8) is 0 Å². The van der Waals surface area contributed by atoms with Crippen LogP contribution in [0.2, 0.25) is 0 Å². The van der Waals surface area contributed by atoms with Crippen LogP contribution in [0.15, 0.2) is 22.8 Å². The van der Waals surface area contributed by atoms with Gasteiger partial charge >= 0.3 is 5.97 Å². The van der Waals surface area contributed by atoms with Crippen molar-refractivity contribution in [2.24, 2.45) is 44.8 Å². The molecule has 0 saturated heterocycles. The third-order valence-electron chi connectivity index (χ3n) is 12.1. The summed E-state index contributed by atoms with van der Waals surface area (Å²) in [5.74, 6) is 1.07. The molecule has 6 atom stereocenters. The Morgan fingerprint density at radius 3 is 2.31 bits per heavy atom. The molecule has 0 amide bonds. The molecule has 0 radical (unpaired) electrons. The Bertz CT molecular complexity index is 906. The number of carboxylic acid groups (broad SMARTS) is 1. The summed E-state index contributed by atoms with van der Waals surface area (Å²) in [4.78, 5) is 12.7. The first-order valence-corrected chi connectivity index (χ1v) is 13.5. The summed E-state index contributed by atoms with van der Waals surface area (Å²) in [5, 5.41) is 10.5. The van der Waals surface area contributed by atoms with Crippen molar-refractivity contribution in [3.05, 3.63) is 22.8 Å². The van der Waals surface area contributed by atoms with Gasteiger partial charge in [-0.25, -0.2) is 0 Å².